The molecule has 2 rings (SSSR count). The Morgan fingerprint density at radius 2 is 2.25 bits per heavy atom. The first-order valence-electron chi connectivity index (χ1n) is 5.18. The highest BCUT2D eigenvalue weighted by Crippen LogP contribution is 2.35. The Kier molecular flexibility index (Phi) is 4.50. The van der Waals surface area contributed by atoms with E-state index in [0.29, 0.717) is 6.61 Å². The van der Waals surface area contributed by atoms with E-state index in [2.05, 4.69) is 37.1 Å². The number of methoxy groups -OCH3 is 1. The van der Waals surface area contributed by atoms with E-state index in [1.54, 1.807) is 7.11 Å². The topological polar surface area (TPSA) is 21.7 Å². The summed E-state index contributed by atoms with van der Waals surface area (Å²) in [4.78, 5) is 2.22. The number of hydrogen-bond donors (Lipinski definition) is 0. The lowest BCUT2D eigenvalue weighted by molar-refractivity contribution is 0.0796. The van der Waals surface area contributed by atoms with Gasteiger partial charge in [0.05, 0.1) is 18.8 Å². The van der Waals surface area contributed by atoms with Gasteiger partial charge in [-0.15, -0.1) is 0 Å². The molecule has 0 bridgehead atoms. The van der Waals surface area contributed by atoms with Crippen LogP contribution >= 0.6 is 13.5 Å². The molecule has 1 atom stereocenters. The van der Waals surface area contributed by atoms with Crippen molar-refractivity contribution in [2.24, 2.45) is 0 Å². The zero-order valence-corrected chi connectivity index (χ0v) is 11.0. The number of anilines is 1. The fourth-order valence-corrected chi connectivity index (χ4v) is 1.97. The van der Waals surface area contributed by atoms with Crippen LogP contribution in [0.2, 0.25) is 0 Å². The SMILES string of the molecule is COC[C@@H]1CN(C)c2cccc(C)c2O1.S. The van der Waals surface area contributed by atoms with Gasteiger partial charge >= 0.3 is 0 Å². The number of likely N-dealkylation sites (N-methyl/N-ethyl adjacent to an activating group) is 1. The lowest BCUT2D eigenvalue weighted by atomic mass is 10.1. The Morgan fingerprint density at radius 3 is 2.94 bits per heavy atom. The number of ether oxygens (including phenoxy) is 2. The van der Waals surface area contributed by atoms with Gasteiger partial charge < -0.3 is 14.4 Å². The molecule has 0 aromatic heterocycles. The summed E-state index contributed by atoms with van der Waals surface area (Å²) < 4.78 is 11.0. The molecule has 0 aliphatic carbocycles. The number of fused-ring (bicyclic) bond motifs is 1. The maximum atomic E-state index is 5.91. The third-order valence-corrected chi connectivity index (χ3v) is 2.72. The monoisotopic (exact) mass is 241 g/mol. The molecule has 1 heterocycles. The van der Waals surface area contributed by atoms with Gasteiger partial charge in [-0.05, 0) is 18.6 Å². The van der Waals surface area contributed by atoms with Gasteiger partial charge in [-0.2, -0.15) is 13.5 Å². The molecule has 0 radical (unpaired) electrons. The van der Waals surface area contributed by atoms with Crippen LogP contribution < -0.4 is 9.64 Å². The molecule has 1 aliphatic rings. The molecular formula is C12H19NO2S. The molecule has 1 aromatic rings. The number of para-hydroxylation sites is 1. The van der Waals surface area contributed by atoms with E-state index in [4.69, 9.17) is 9.47 Å². The molecule has 4 heteroatoms. The van der Waals surface area contributed by atoms with Crippen molar-refractivity contribution in [1.82, 2.24) is 0 Å². The maximum Gasteiger partial charge on any atom is 0.146 e. The standard InChI is InChI=1S/C12H17NO2.H2S/c1-9-5-4-6-11-12(9)15-10(8-14-3)7-13(11)2;/h4-6,10H,7-8H2,1-3H3;1H2/t10-;/m0./s1. The van der Waals surface area contributed by atoms with Gasteiger partial charge in [0.25, 0.3) is 0 Å². The van der Waals surface area contributed by atoms with Crippen LogP contribution in [0.1, 0.15) is 5.56 Å². The molecular weight excluding hydrogens is 222 g/mol. The fraction of sp³-hybridized carbons (Fsp3) is 0.500. The highest BCUT2D eigenvalue weighted by Gasteiger charge is 2.24. The van der Waals surface area contributed by atoms with E-state index in [9.17, 15) is 0 Å². The quantitative estimate of drug-likeness (QED) is 0.790. The first kappa shape index (κ1) is 13.2. The minimum Gasteiger partial charge on any atom is -0.484 e. The third kappa shape index (κ3) is 2.44. The van der Waals surface area contributed by atoms with Gasteiger partial charge in [0, 0.05) is 14.2 Å². The summed E-state index contributed by atoms with van der Waals surface area (Å²) in [7, 11) is 3.79. The Balaban J connectivity index is 0.00000128. The van der Waals surface area contributed by atoms with Gasteiger partial charge in [-0.25, -0.2) is 0 Å². The van der Waals surface area contributed by atoms with Crippen molar-refractivity contribution in [1.29, 1.82) is 0 Å². The van der Waals surface area contributed by atoms with Crippen molar-refractivity contribution >= 4 is 19.2 Å². The Labute approximate surface area is 104 Å². The van der Waals surface area contributed by atoms with Crippen molar-refractivity contribution in [2.75, 3.05) is 32.2 Å². The van der Waals surface area contributed by atoms with E-state index >= 15 is 0 Å². The molecule has 0 unspecified atom stereocenters. The van der Waals surface area contributed by atoms with E-state index in [1.807, 2.05) is 0 Å². The normalized spacial score (nSPS) is 18.4. The first-order valence-corrected chi connectivity index (χ1v) is 5.18. The van der Waals surface area contributed by atoms with E-state index < -0.39 is 0 Å². The molecule has 90 valence electrons. The van der Waals surface area contributed by atoms with Crippen LogP contribution in [0.4, 0.5) is 5.69 Å². The second-order valence-electron chi connectivity index (χ2n) is 4.00. The molecule has 0 saturated carbocycles. The summed E-state index contributed by atoms with van der Waals surface area (Å²) in [6, 6.07) is 6.22. The van der Waals surface area contributed by atoms with Crippen LogP contribution in [-0.2, 0) is 4.74 Å². The maximum absolute atomic E-state index is 5.91. The summed E-state index contributed by atoms with van der Waals surface area (Å²) in [5.41, 5.74) is 2.35. The van der Waals surface area contributed by atoms with Gasteiger partial charge in [0.2, 0.25) is 0 Å². The first-order chi connectivity index (χ1) is 7.22. The van der Waals surface area contributed by atoms with Crippen LogP contribution in [0.3, 0.4) is 0 Å². The second-order valence-corrected chi connectivity index (χ2v) is 4.00. The Bertz CT molecular complexity index is 357. The average molecular weight is 241 g/mol. The highest BCUT2D eigenvalue weighted by molar-refractivity contribution is 7.59. The Morgan fingerprint density at radius 1 is 1.50 bits per heavy atom. The van der Waals surface area contributed by atoms with Crippen molar-refractivity contribution in [3.63, 3.8) is 0 Å². The van der Waals surface area contributed by atoms with E-state index in [0.717, 1.165) is 12.3 Å². The van der Waals surface area contributed by atoms with Gasteiger partial charge in [0.1, 0.15) is 11.9 Å². The predicted octanol–water partition coefficient (Wildman–Crippen LogP) is 1.95. The van der Waals surface area contributed by atoms with Gasteiger partial charge in [-0.1, -0.05) is 12.1 Å². The molecule has 3 nitrogen and oxygen atoms in total. The number of aryl methyl sites for hydroxylation is 1. The van der Waals surface area contributed by atoms with Crippen LogP contribution in [0.15, 0.2) is 18.2 Å². The summed E-state index contributed by atoms with van der Waals surface area (Å²) in [6.07, 6.45) is 0.133. The van der Waals surface area contributed by atoms with Crippen LogP contribution in [0.5, 0.6) is 5.75 Å². The lowest BCUT2D eigenvalue weighted by Crippen LogP contribution is -2.40. The summed E-state index contributed by atoms with van der Waals surface area (Å²) >= 11 is 0. The summed E-state index contributed by atoms with van der Waals surface area (Å²) in [5, 5.41) is 0. The molecule has 1 aromatic carbocycles. The average Bonchev–Trinajstić information content (AvgIpc) is 2.20. The molecule has 0 spiro atoms. The lowest BCUT2D eigenvalue weighted by Gasteiger charge is -2.34. The van der Waals surface area contributed by atoms with Crippen molar-refractivity contribution in [2.45, 2.75) is 13.0 Å². The number of nitrogens with zero attached hydrogens (tertiary/aromatic N) is 1. The summed E-state index contributed by atoms with van der Waals surface area (Å²) in [5.74, 6) is 0.994. The Hall–Kier alpha value is -0.870. The second kappa shape index (κ2) is 5.46. The van der Waals surface area contributed by atoms with E-state index in [1.165, 1.54) is 11.3 Å². The van der Waals surface area contributed by atoms with Crippen LogP contribution in [-0.4, -0.2) is 33.4 Å². The zero-order chi connectivity index (χ0) is 10.8. The molecule has 0 saturated heterocycles. The van der Waals surface area contributed by atoms with Crippen LogP contribution in [0, 0.1) is 6.92 Å². The number of benzene rings is 1. The van der Waals surface area contributed by atoms with E-state index in [-0.39, 0.29) is 19.6 Å². The van der Waals surface area contributed by atoms with Gasteiger partial charge in [0.15, 0.2) is 0 Å². The predicted molar refractivity (Wildman–Crippen MR) is 71.1 cm³/mol. The zero-order valence-electron chi connectivity index (χ0n) is 9.99. The molecule has 0 fully saturated rings. The number of rotatable bonds is 2. The third-order valence-electron chi connectivity index (χ3n) is 2.72. The van der Waals surface area contributed by atoms with Crippen molar-refractivity contribution < 1.29 is 9.47 Å². The largest absolute Gasteiger partial charge is 0.484 e. The van der Waals surface area contributed by atoms with Crippen molar-refractivity contribution in [3.8, 4) is 5.75 Å². The smallest absolute Gasteiger partial charge is 0.146 e. The van der Waals surface area contributed by atoms with Gasteiger partial charge in [-0.3, -0.25) is 0 Å². The fourth-order valence-electron chi connectivity index (χ4n) is 1.97. The molecule has 0 N–H and O–H groups in total. The minimum absolute atomic E-state index is 0. The molecule has 16 heavy (non-hydrogen) atoms. The van der Waals surface area contributed by atoms with Crippen molar-refractivity contribution in [3.05, 3.63) is 23.8 Å². The number of hydrogen-bond acceptors (Lipinski definition) is 3. The highest BCUT2D eigenvalue weighted by atomic mass is 32.1. The molecule has 1 aliphatic heterocycles. The van der Waals surface area contributed by atoms with Crippen LogP contribution in [0.25, 0.3) is 0 Å². The molecule has 0 amide bonds. The minimum atomic E-state index is 0. The summed E-state index contributed by atoms with van der Waals surface area (Å²) in [6.45, 7) is 3.59.